The summed E-state index contributed by atoms with van der Waals surface area (Å²) < 4.78 is 69.5. The van der Waals surface area contributed by atoms with Crippen LogP contribution in [0.25, 0.3) is 5.52 Å². The lowest BCUT2D eigenvalue weighted by Crippen LogP contribution is -2.14. The Morgan fingerprint density at radius 3 is 2.55 bits per heavy atom. The number of alkyl halides is 5. The maximum Gasteiger partial charge on any atom is 0.436 e. The highest BCUT2D eigenvalue weighted by molar-refractivity contribution is 6.30. The number of esters is 1. The second kappa shape index (κ2) is 5.71. The third kappa shape index (κ3) is 2.72. The van der Waals surface area contributed by atoms with Crippen molar-refractivity contribution in [2.24, 2.45) is 0 Å². The Labute approximate surface area is 125 Å². The number of fused-ring (bicyclic) bond motifs is 1. The maximum atomic E-state index is 13.0. The van der Waals surface area contributed by atoms with Gasteiger partial charge in [-0.2, -0.15) is 18.3 Å². The van der Waals surface area contributed by atoms with Gasteiger partial charge in [0.2, 0.25) is 0 Å². The molecule has 2 rings (SSSR count). The van der Waals surface area contributed by atoms with Crippen LogP contribution in [-0.2, 0) is 10.9 Å². The summed E-state index contributed by atoms with van der Waals surface area (Å²) in [4.78, 5) is 11.8. The normalized spacial score (nSPS) is 12.2. The van der Waals surface area contributed by atoms with Crippen molar-refractivity contribution in [3.8, 4) is 0 Å². The predicted molar refractivity (Wildman–Crippen MR) is 66.1 cm³/mol. The van der Waals surface area contributed by atoms with Gasteiger partial charge in [-0.25, -0.2) is 18.1 Å². The van der Waals surface area contributed by atoms with E-state index in [0.29, 0.717) is 4.52 Å². The summed E-state index contributed by atoms with van der Waals surface area (Å²) in [5.41, 5.74) is -3.46. The van der Waals surface area contributed by atoms with Crippen molar-refractivity contribution in [1.29, 1.82) is 0 Å². The van der Waals surface area contributed by atoms with Crippen LogP contribution in [-0.4, -0.2) is 22.2 Å². The second-order valence-corrected chi connectivity index (χ2v) is 4.48. The van der Waals surface area contributed by atoms with Crippen LogP contribution in [0.5, 0.6) is 0 Å². The average molecular weight is 343 g/mol. The lowest BCUT2D eigenvalue weighted by atomic mass is 10.1. The van der Waals surface area contributed by atoms with Crippen LogP contribution in [0.15, 0.2) is 12.1 Å². The Kier molecular flexibility index (Phi) is 4.28. The molecule has 0 fully saturated rings. The van der Waals surface area contributed by atoms with E-state index in [9.17, 15) is 26.7 Å². The number of halogens is 6. The van der Waals surface area contributed by atoms with Crippen LogP contribution in [0.1, 0.15) is 35.0 Å². The van der Waals surface area contributed by atoms with Gasteiger partial charge in [-0.15, -0.1) is 0 Å². The molecule has 0 spiro atoms. The number of pyridine rings is 1. The molecule has 0 saturated carbocycles. The number of hydrogen-bond acceptors (Lipinski definition) is 3. The molecule has 120 valence electrons. The van der Waals surface area contributed by atoms with Gasteiger partial charge < -0.3 is 4.74 Å². The minimum absolute atomic E-state index is 0.156. The van der Waals surface area contributed by atoms with Crippen molar-refractivity contribution >= 4 is 23.1 Å². The maximum absolute atomic E-state index is 13.0. The number of ether oxygens (including phenoxy) is 1. The van der Waals surface area contributed by atoms with Crippen molar-refractivity contribution in [3.05, 3.63) is 34.1 Å². The lowest BCUT2D eigenvalue weighted by Gasteiger charge is -2.06. The van der Waals surface area contributed by atoms with Crippen molar-refractivity contribution in [3.63, 3.8) is 0 Å². The minimum atomic E-state index is -4.97. The SMILES string of the molecule is CCOC(=O)c1c(C(F)(F)F)nn2c(Cl)c(C(F)F)ccc12. The molecule has 0 amide bonds. The first kappa shape index (κ1) is 16.5. The fourth-order valence-electron chi connectivity index (χ4n) is 1.86. The fourth-order valence-corrected chi connectivity index (χ4v) is 2.13. The molecule has 0 aliphatic heterocycles. The third-order valence-corrected chi connectivity index (χ3v) is 3.13. The zero-order valence-electron chi connectivity index (χ0n) is 10.9. The van der Waals surface area contributed by atoms with E-state index in [1.807, 2.05) is 0 Å². The standard InChI is InChI=1S/C12H8ClF5N2O2/c1-2-22-11(21)7-6-4-3-5(10(14)15)9(13)20(6)19-8(7)12(16,17)18/h3-4,10H,2H2,1H3. The lowest BCUT2D eigenvalue weighted by molar-refractivity contribution is -0.141. The largest absolute Gasteiger partial charge is 0.462 e. The smallest absolute Gasteiger partial charge is 0.436 e. The first-order valence-electron chi connectivity index (χ1n) is 5.92. The molecule has 2 aromatic rings. The summed E-state index contributed by atoms with van der Waals surface area (Å²) >= 11 is 5.65. The average Bonchev–Trinajstić information content (AvgIpc) is 2.79. The van der Waals surface area contributed by atoms with Gasteiger partial charge in [-0.05, 0) is 19.1 Å². The fraction of sp³-hybridized carbons (Fsp3) is 0.333. The molecule has 0 unspecified atom stereocenters. The van der Waals surface area contributed by atoms with E-state index in [1.54, 1.807) is 0 Å². The van der Waals surface area contributed by atoms with Crippen LogP contribution in [0.4, 0.5) is 22.0 Å². The molecular formula is C12H8ClF5N2O2. The predicted octanol–water partition coefficient (Wildman–Crippen LogP) is 4.12. The van der Waals surface area contributed by atoms with Gasteiger partial charge in [0, 0.05) is 0 Å². The summed E-state index contributed by atoms with van der Waals surface area (Å²) in [5.74, 6) is -1.26. The van der Waals surface area contributed by atoms with Gasteiger partial charge in [0.15, 0.2) is 5.69 Å². The molecule has 0 atom stereocenters. The van der Waals surface area contributed by atoms with Crippen molar-refractivity contribution in [2.75, 3.05) is 6.61 Å². The van der Waals surface area contributed by atoms with Crippen LogP contribution < -0.4 is 0 Å². The zero-order chi connectivity index (χ0) is 16.7. The Balaban J connectivity index is 2.80. The first-order valence-corrected chi connectivity index (χ1v) is 6.29. The van der Waals surface area contributed by atoms with Crippen LogP contribution in [0.2, 0.25) is 5.15 Å². The number of hydrogen-bond donors (Lipinski definition) is 0. The van der Waals surface area contributed by atoms with E-state index >= 15 is 0 Å². The second-order valence-electron chi connectivity index (χ2n) is 4.12. The zero-order valence-corrected chi connectivity index (χ0v) is 11.7. The summed E-state index contributed by atoms with van der Waals surface area (Å²) in [6, 6.07) is 1.76. The number of rotatable bonds is 3. The van der Waals surface area contributed by atoms with Crippen molar-refractivity contribution in [1.82, 2.24) is 9.61 Å². The molecule has 0 N–H and O–H groups in total. The molecule has 0 aliphatic rings. The molecule has 22 heavy (non-hydrogen) atoms. The molecule has 0 saturated heterocycles. The Morgan fingerprint density at radius 2 is 2.05 bits per heavy atom. The van der Waals surface area contributed by atoms with Crippen molar-refractivity contribution in [2.45, 2.75) is 19.5 Å². The molecule has 10 heteroatoms. The van der Waals surface area contributed by atoms with Gasteiger partial charge in [0.1, 0.15) is 10.7 Å². The van der Waals surface area contributed by atoms with Gasteiger partial charge >= 0.3 is 12.1 Å². The molecule has 0 aromatic carbocycles. The van der Waals surface area contributed by atoms with Crippen molar-refractivity contribution < 1.29 is 31.5 Å². The highest BCUT2D eigenvalue weighted by atomic mass is 35.5. The van der Waals surface area contributed by atoms with Crippen LogP contribution >= 0.6 is 11.6 Å². The highest BCUT2D eigenvalue weighted by Gasteiger charge is 2.41. The Bertz CT molecular complexity index is 726. The number of carbonyl (C=O) groups excluding carboxylic acids is 1. The number of aromatic nitrogens is 2. The van der Waals surface area contributed by atoms with E-state index < -0.39 is 40.5 Å². The highest BCUT2D eigenvalue weighted by Crippen LogP contribution is 2.36. The molecule has 0 bridgehead atoms. The third-order valence-electron chi connectivity index (χ3n) is 2.75. The van der Waals surface area contributed by atoms with Crippen LogP contribution in [0, 0.1) is 0 Å². The molecule has 0 aliphatic carbocycles. The van der Waals surface area contributed by atoms with Gasteiger partial charge in [0.05, 0.1) is 17.7 Å². The molecular weight excluding hydrogens is 335 g/mol. The first-order chi connectivity index (χ1) is 10.2. The van der Waals surface area contributed by atoms with E-state index in [0.717, 1.165) is 12.1 Å². The molecule has 0 radical (unpaired) electrons. The summed E-state index contributed by atoms with van der Waals surface area (Å²) in [7, 11) is 0. The van der Waals surface area contributed by atoms with Gasteiger partial charge in [-0.1, -0.05) is 11.6 Å². The topological polar surface area (TPSA) is 43.6 Å². The van der Waals surface area contributed by atoms with E-state index in [4.69, 9.17) is 11.6 Å². The van der Waals surface area contributed by atoms with E-state index in [-0.39, 0.29) is 12.1 Å². The summed E-state index contributed by atoms with van der Waals surface area (Å²) in [5, 5.41) is 2.45. The molecule has 2 aromatic heterocycles. The van der Waals surface area contributed by atoms with E-state index in [2.05, 4.69) is 9.84 Å². The quantitative estimate of drug-likeness (QED) is 0.479. The monoisotopic (exact) mass is 342 g/mol. The minimum Gasteiger partial charge on any atom is -0.462 e. The summed E-state index contributed by atoms with van der Waals surface area (Å²) in [6.45, 7) is 1.26. The molecule has 4 nitrogen and oxygen atoms in total. The number of nitrogens with zero attached hydrogens (tertiary/aromatic N) is 2. The van der Waals surface area contributed by atoms with Gasteiger partial charge in [-0.3, -0.25) is 0 Å². The van der Waals surface area contributed by atoms with E-state index in [1.165, 1.54) is 6.92 Å². The summed E-state index contributed by atoms with van der Waals surface area (Å²) in [6.07, 6.45) is -7.97. The van der Waals surface area contributed by atoms with Crippen LogP contribution in [0.3, 0.4) is 0 Å². The molecule has 2 heterocycles. The Hall–Kier alpha value is -1.90. The number of carbonyl (C=O) groups is 1. The Morgan fingerprint density at radius 1 is 1.41 bits per heavy atom. The van der Waals surface area contributed by atoms with Gasteiger partial charge in [0.25, 0.3) is 6.43 Å².